The zero-order valence-electron chi connectivity index (χ0n) is 64.0. The van der Waals surface area contributed by atoms with Crippen LogP contribution >= 0.6 is 11.3 Å². The van der Waals surface area contributed by atoms with Gasteiger partial charge >= 0.3 is 6.09 Å². The number of hydrogen-bond acceptors (Lipinski definition) is 18. The average molecular weight is 1540 g/mol. The van der Waals surface area contributed by atoms with E-state index < -0.39 is 47.9 Å². The highest BCUT2D eigenvalue weighted by Gasteiger charge is 2.58. The molecule has 112 heavy (non-hydrogen) atoms. The van der Waals surface area contributed by atoms with Gasteiger partial charge in [0.15, 0.2) is 40.8 Å². The third kappa shape index (κ3) is 16.5. The highest BCUT2D eigenvalue weighted by Crippen LogP contribution is 2.57. The van der Waals surface area contributed by atoms with Crippen molar-refractivity contribution in [2.45, 2.75) is 162 Å². The monoisotopic (exact) mass is 1540 g/mol. The molecule has 3 N–H and O–H groups in total. The Balaban J connectivity index is 0.540. The number of aliphatic hydroxyl groups is 1. The molecule has 1 saturated carbocycles. The van der Waals surface area contributed by atoms with E-state index >= 15 is 0 Å². The fourth-order valence-corrected chi connectivity index (χ4v) is 16.5. The van der Waals surface area contributed by atoms with E-state index in [0.29, 0.717) is 59.7 Å². The van der Waals surface area contributed by atoms with Gasteiger partial charge in [-0.2, -0.15) is 11.3 Å². The Labute approximate surface area is 654 Å². The largest absolute Gasteiger partial charge is 0.493 e. The number of nitrogens with zero attached hydrogens (tertiary/aromatic N) is 7. The molecule has 6 aromatic carbocycles. The number of para-hydroxylation sites is 1. The molecule has 6 amide bonds. The SMILES string of the molecule is COc1cc2c(cc1OCCCOc1cc3c(cc1OC)C(=O)N1CC4(CC4)C[C@H]1C(O)N3C(=O)OCc1ccc(CC(=O)[C@H](C)NC(=O)[C@@H](CC(=O)CNC(=O)CCC(=O)CCC(=O)N3Cc4ccccc4-c4nnn(C(C)C)c4-c4ccccc43)C(C)C)cc1)CC[C@@H]1CC(c3ccc(-c4ccsc4)cc3)=CN1C2=O. The molecule has 1 unspecified atom stereocenters. The molecule has 8 aromatic rings. The van der Waals surface area contributed by atoms with Crippen LogP contribution in [0.2, 0.25) is 0 Å². The normalized spacial score (nSPS) is 17.6. The number of benzene rings is 6. The number of fused-ring (bicyclic) bond motifs is 9. The molecule has 1 spiro atoms. The molecule has 0 radical (unpaired) electrons. The first-order valence-electron chi connectivity index (χ1n) is 38.5. The number of ketones is 3. The van der Waals surface area contributed by atoms with Crippen LogP contribution in [-0.4, -0.2) is 148 Å². The molecule has 2 fully saturated rings. The van der Waals surface area contributed by atoms with Crippen molar-refractivity contribution in [3.63, 3.8) is 0 Å². The first kappa shape index (κ1) is 77.4. The smallest absolute Gasteiger partial charge is 0.416 e. The highest BCUT2D eigenvalue weighted by atomic mass is 32.1. The van der Waals surface area contributed by atoms with Crippen LogP contribution in [0, 0.1) is 17.3 Å². The molecule has 5 aliphatic heterocycles. The van der Waals surface area contributed by atoms with E-state index in [-0.39, 0.29) is 147 Å². The van der Waals surface area contributed by atoms with E-state index in [1.54, 1.807) is 79.3 Å². The number of aliphatic hydroxyl groups excluding tert-OH is 1. The molecule has 2 aromatic heterocycles. The summed E-state index contributed by atoms with van der Waals surface area (Å²) in [6, 6.07) is 37.8. The third-order valence-electron chi connectivity index (χ3n) is 22.5. The molecular formula is C87H93N9O15S. The number of nitrogens with one attached hydrogen (secondary N) is 2. The van der Waals surface area contributed by atoms with Gasteiger partial charge in [-0.25, -0.2) is 14.4 Å². The highest BCUT2D eigenvalue weighted by molar-refractivity contribution is 7.08. The average Bonchev–Trinajstić information content (AvgIpc) is 1.56. The van der Waals surface area contributed by atoms with Crippen molar-refractivity contribution in [2.75, 3.05) is 50.3 Å². The zero-order chi connectivity index (χ0) is 78.6. The summed E-state index contributed by atoms with van der Waals surface area (Å²) in [4.78, 5) is 131. The zero-order valence-corrected chi connectivity index (χ0v) is 64.9. The lowest BCUT2D eigenvalue weighted by Crippen LogP contribution is -2.50. The molecule has 24 nitrogen and oxygen atoms in total. The van der Waals surface area contributed by atoms with Crippen LogP contribution in [0.15, 0.2) is 144 Å². The van der Waals surface area contributed by atoms with Crippen molar-refractivity contribution < 1.29 is 71.9 Å². The van der Waals surface area contributed by atoms with Gasteiger partial charge in [-0.3, -0.25) is 38.4 Å². The number of ether oxygens (including phenoxy) is 5. The van der Waals surface area contributed by atoms with Gasteiger partial charge in [-0.15, -0.1) is 5.10 Å². The van der Waals surface area contributed by atoms with Gasteiger partial charge in [0.1, 0.15) is 18.1 Å². The van der Waals surface area contributed by atoms with E-state index in [1.807, 2.05) is 84.2 Å². The maximum absolute atomic E-state index is 14.6. The molecule has 14 rings (SSSR count). The minimum absolute atomic E-state index is 0.0143. The summed E-state index contributed by atoms with van der Waals surface area (Å²) in [5, 5.41) is 30.9. The Morgan fingerprint density at radius 3 is 2.09 bits per heavy atom. The Bertz CT molecular complexity index is 4970. The van der Waals surface area contributed by atoms with Crippen LogP contribution in [0.1, 0.15) is 160 Å². The first-order valence-corrected chi connectivity index (χ1v) is 39.4. The number of thiophene rings is 1. The molecule has 7 heterocycles. The lowest BCUT2D eigenvalue weighted by atomic mass is 9.89. The van der Waals surface area contributed by atoms with Crippen molar-refractivity contribution in [3.8, 4) is 56.6 Å². The summed E-state index contributed by atoms with van der Waals surface area (Å²) in [5.41, 5.74) is 12.0. The molecule has 582 valence electrons. The predicted molar refractivity (Wildman–Crippen MR) is 422 cm³/mol. The van der Waals surface area contributed by atoms with Gasteiger partial charge in [-0.05, 0) is 156 Å². The van der Waals surface area contributed by atoms with Crippen molar-refractivity contribution in [1.82, 2.24) is 35.4 Å². The maximum Gasteiger partial charge on any atom is 0.416 e. The maximum atomic E-state index is 14.6. The number of anilines is 2. The van der Waals surface area contributed by atoms with Gasteiger partial charge in [0, 0.05) is 98.4 Å². The van der Waals surface area contributed by atoms with E-state index in [1.165, 1.54) is 24.8 Å². The summed E-state index contributed by atoms with van der Waals surface area (Å²) in [6.45, 7) is 9.56. The van der Waals surface area contributed by atoms with Gasteiger partial charge in [-0.1, -0.05) is 110 Å². The molecule has 1 aliphatic carbocycles. The Kier molecular flexibility index (Phi) is 23.0. The summed E-state index contributed by atoms with van der Waals surface area (Å²) in [5.74, 6) is -2.51. The van der Waals surface area contributed by atoms with Gasteiger partial charge in [0.25, 0.3) is 11.8 Å². The molecule has 5 atom stereocenters. The second-order valence-corrected chi connectivity index (χ2v) is 31.5. The second kappa shape index (κ2) is 33.3. The van der Waals surface area contributed by atoms with E-state index in [0.717, 1.165) is 80.9 Å². The van der Waals surface area contributed by atoms with Crippen LogP contribution in [-0.2, 0) is 59.5 Å². The standard InChI is InChI=1S/C87H93N9O15S/c1-51(2)67(40-64(98)45-88-78(100)29-27-63(97)28-30-79(101)93-46-59-13-8-9-14-65(59)80-81(96(52(3)4)91-90-80)66-15-10-11-16-70(66)93)82(102)89-53(5)73(99)37-54-17-19-55(20-18-54)48-111-86(106)95-71-43-77(75(108-7)42-69(71)84(104)94-50-87(32-33-87)44-72(94)85(95)105)110-35-12-34-109-76-39-58-25-26-62-38-61(47-92(62)83(103)68(58)41-74(76)107-6)57-23-21-56(22-24-57)60-31-36-112-49-60/h8-11,13-24,31,36,39,41-43,47,49,51-53,62,67,72,85,105H,12,25-30,32-35,37-38,40,44-46,48,50H2,1-7H3,(H,88,100)(H,89,102)/t53-,62+,67-,72-,85?/m0/s1. The van der Waals surface area contributed by atoms with Gasteiger partial charge < -0.3 is 54.1 Å². The fraction of sp³-hybridized carbons (Fsp3) is 0.391. The van der Waals surface area contributed by atoms with E-state index in [2.05, 4.69) is 62.0 Å². The van der Waals surface area contributed by atoms with E-state index in [9.17, 15) is 48.3 Å². The molecular weight excluding hydrogens is 1440 g/mol. The van der Waals surface area contributed by atoms with Gasteiger partial charge in [0.05, 0.1) is 75.2 Å². The van der Waals surface area contributed by atoms with E-state index in [4.69, 9.17) is 23.7 Å². The number of amides is 6. The summed E-state index contributed by atoms with van der Waals surface area (Å²) in [6.07, 6.45) is 3.66. The summed E-state index contributed by atoms with van der Waals surface area (Å²) >= 11 is 1.67. The number of carbonyl (C=O) groups excluding carboxylic acids is 9. The van der Waals surface area contributed by atoms with Crippen LogP contribution in [0.4, 0.5) is 16.2 Å². The summed E-state index contributed by atoms with van der Waals surface area (Å²) in [7, 11) is 3.00. The predicted octanol–water partition coefficient (Wildman–Crippen LogP) is 13.1. The fourth-order valence-electron chi connectivity index (χ4n) is 15.9. The number of Topliss-reactive ketones (excluding diaryl/α,β-unsaturated/α-hetero) is 3. The lowest BCUT2D eigenvalue weighted by Gasteiger charge is -2.31. The minimum Gasteiger partial charge on any atom is -0.493 e. The second-order valence-electron chi connectivity index (χ2n) is 30.7. The van der Waals surface area contributed by atoms with Crippen molar-refractivity contribution >= 4 is 81.3 Å². The Hall–Kier alpha value is -11.3. The number of aryl methyl sites for hydroxylation is 1. The topological polar surface area (TPSA) is 288 Å². The van der Waals surface area contributed by atoms with Crippen molar-refractivity contribution in [3.05, 3.63) is 183 Å². The first-order chi connectivity index (χ1) is 54.1. The third-order valence-corrected chi connectivity index (χ3v) is 23.1. The molecule has 25 heteroatoms. The van der Waals surface area contributed by atoms with Crippen LogP contribution in [0.5, 0.6) is 23.0 Å². The number of hydrogen-bond donors (Lipinski definition) is 3. The van der Waals surface area contributed by atoms with Crippen molar-refractivity contribution in [1.29, 1.82) is 0 Å². The summed E-state index contributed by atoms with van der Waals surface area (Å²) < 4.78 is 32.0. The molecule has 6 aliphatic rings. The quantitative estimate of drug-likeness (QED) is 0.0367. The number of aromatic nitrogens is 3. The minimum atomic E-state index is -1.48. The number of carbonyl (C=O) groups is 9. The van der Waals surface area contributed by atoms with Crippen LogP contribution in [0.25, 0.3) is 39.2 Å². The lowest BCUT2D eigenvalue weighted by molar-refractivity contribution is -0.133. The van der Waals surface area contributed by atoms with Crippen LogP contribution < -0.4 is 39.4 Å². The number of rotatable bonds is 29. The van der Waals surface area contributed by atoms with Crippen molar-refractivity contribution in [2.24, 2.45) is 17.3 Å². The number of methoxy groups -OCH3 is 2. The molecule has 1 saturated heterocycles. The molecule has 0 bridgehead atoms. The van der Waals surface area contributed by atoms with Crippen LogP contribution in [0.3, 0.4) is 0 Å². The Morgan fingerprint density at radius 1 is 0.696 bits per heavy atom. The van der Waals surface area contributed by atoms with Gasteiger partial charge in [0.2, 0.25) is 17.7 Å². The Morgan fingerprint density at radius 2 is 1.38 bits per heavy atom.